The van der Waals surface area contributed by atoms with Gasteiger partial charge in [0.2, 0.25) is 5.13 Å². The van der Waals surface area contributed by atoms with Gasteiger partial charge in [0.25, 0.3) is 0 Å². The summed E-state index contributed by atoms with van der Waals surface area (Å²) < 4.78 is 4.32. The van der Waals surface area contributed by atoms with Crippen molar-refractivity contribution in [3.63, 3.8) is 0 Å². The largest absolute Gasteiger partial charge is 0.391 e. The van der Waals surface area contributed by atoms with Crippen molar-refractivity contribution in [3.8, 4) is 0 Å². The van der Waals surface area contributed by atoms with Crippen molar-refractivity contribution in [1.29, 1.82) is 0 Å². The highest BCUT2D eigenvalue weighted by Crippen LogP contribution is 2.24. The lowest BCUT2D eigenvalue weighted by Crippen LogP contribution is -2.38. The van der Waals surface area contributed by atoms with Crippen molar-refractivity contribution < 1.29 is 5.11 Å². The molecule has 0 bridgehead atoms. The first kappa shape index (κ1) is 10.8. The Morgan fingerprint density at radius 1 is 1.53 bits per heavy atom. The van der Waals surface area contributed by atoms with Crippen LogP contribution in [0, 0.1) is 0 Å². The molecule has 1 aliphatic heterocycles. The molecule has 1 fully saturated rings. The van der Waals surface area contributed by atoms with Crippen molar-refractivity contribution in [2.45, 2.75) is 38.7 Å². The lowest BCUT2D eigenvalue weighted by molar-refractivity contribution is 0.154. The summed E-state index contributed by atoms with van der Waals surface area (Å²) in [5.41, 5.74) is 0. The molecule has 1 aromatic rings. The first-order valence-corrected chi connectivity index (χ1v) is 6.21. The fourth-order valence-corrected chi connectivity index (χ4v) is 2.56. The maximum atomic E-state index is 9.57. The van der Waals surface area contributed by atoms with Crippen molar-refractivity contribution in [2.75, 3.05) is 18.0 Å². The molecular weight excluding hydrogens is 210 g/mol. The summed E-state index contributed by atoms with van der Waals surface area (Å²) in [6.07, 6.45) is 1.74. The summed E-state index contributed by atoms with van der Waals surface area (Å²) in [5, 5.41) is 10.5. The lowest BCUT2D eigenvalue weighted by Gasteiger charge is -2.29. The molecule has 0 aliphatic carbocycles. The van der Waals surface area contributed by atoms with Gasteiger partial charge in [-0.15, -0.1) is 0 Å². The van der Waals surface area contributed by atoms with Gasteiger partial charge in [0.15, 0.2) is 0 Å². The van der Waals surface area contributed by atoms with Crippen LogP contribution < -0.4 is 4.90 Å². The van der Waals surface area contributed by atoms with Gasteiger partial charge >= 0.3 is 0 Å². The fraction of sp³-hybridized carbons (Fsp3) is 0.800. The molecule has 4 nitrogen and oxygen atoms in total. The molecule has 0 spiro atoms. The Labute approximate surface area is 94.1 Å². The number of hydrogen-bond donors (Lipinski definition) is 1. The number of rotatable bonds is 2. The van der Waals surface area contributed by atoms with E-state index in [1.807, 2.05) is 0 Å². The zero-order chi connectivity index (χ0) is 10.8. The maximum Gasteiger partial charge on any atom is 0.205 e. The molecule has 1 atom stereocenters. The smallest absolute Gasteiger partial charge is 0.205 e. The molecule has 2 heterocycles. The highest BCUT2D eigenvalue weighted by molar-refractivity contribution is 7.09. The summed E-state index contributed by atoms with van der Waals surface area (Å²) in [6, 6.07) is 0. The fourth-order valence-electron chi connectivity index (χ4n) is 1.72. The molecule has 2 rings (SSSR count). The van der Waals surface area contributed by atoms with Gasteiger partial charge in [0, 0.05) is 30.5 Å². The van der Waals surface area contributed by atoms with Gasteiger partial charge in [-0.05, 0) is 12.8 Å². The van der Waals surface area contributed by atoms with Gasteiger partial charge in [-0.25, -0.2) is 4.98 Å². The molecule has 0 aromatic carbocycles. The van der Waals surface area contributed by atoms with Crippen LogP contribution in [0.3, 0.4) is 0 Å². The third-order valence-corrected chi connectivity index (χ3v) is 3.41. The minimum Gasteiger partial charge on any atom is -0.391 e. The first-order chi connectivity index (χ1) is 7.16. The standard InChI is InChI=1S/C10H17N3OS/c1-7(2)9-11-10(15-12-9)13-5-3-4-8(14)6-13/h7-8,14H,3-6H2,1-2H3/t8-/m0/s1. The second-order valence-electron chi connectivity index (χ2n) is 4.33. The zero-order valence-corrected chi connectivity index (χ0v) is 10.00. The van der Waals surface area contributed by atoms with E-state index in [0.29, 0.717) is 12.5 Å². The maximum absolute atomic E-state index is 9.57. The van der Waals surface area contributed by atoms with Crippen LogP contribution in [0.25, 0.3) is 0 Å². The van der Waals surface area contributed by atoms with Gasteiger partial charge < -0.3 is 10.0 Å². The summed E-state index contributed by atoms with van der Waals surface area (Å²) in [5.74, 6) is 1.29. The second-order valence-corrected chi connectivity index (χ2v) is 5.06. The van der Waals surface area contributed by atoms with Gasteiger partial charge in [0.05, 0.1) is 6.10 Å². The van der Waals surface area contributed by atoms with Gasteiger partial charge in [-0.2, -0.15) is 4.37 Å². The molecule has 84 valence electrons. The molecule has 1 aliphatic rings. The van der Waals surface area contributed by atoms with Crippen LogP contribution in [-0.4, -0.2) is 33.7 Å². The van der Waals surface area contributed by atoms with Gasteiger partial charge in [-0.3, -0.25) is 0 Å². The monoisotopic (exact) mass is 227 g/mol. The van der Waals surface area contributed by atoms with Crippen LogP contribution in [-0.2, 0) is 0 Å². The van der Waals surface area contributed by atoms with Crippen molar-refractivity contribution in [2.24, 2.45) is 0 Å². The predicted molar refractivity (Wildman–Crippen MR) is 61.5 cm³/mol. The van der Waals surface area contributed by atoms with E-state index in [-0.39, 0.29) is 6.10 Å². The predicted octanol–water partition coefficient (Wildman–Crippen LogP) is 1.62. The first-order valence-electron chi connectivity index (χ1n) is 5.43. The molecule has 1 aromatic heterocycles. The summed E-state index contributed by atoms with van der Waals surface area (Å²) in [6.45, 7) is 5.88. The van der Waals surface area contributed by atoms with E-state index in [1.165, 1.54) is 11.5 Å². The van der Waals surface area contributed by atoms with E-state index >= 15 is 0 Å². The van der Waals surface area contributed by atoms with E-state index < -0.39 is 0 Å². The Bertz CT molecular complexity index is 326. The van der Waals surface area contributed by atoms with Crippen LogP contribution >= 0.6 is 11.5 Å². The molecular formula is C10H17N3OS. The average molecular weight is 227 g/mol. The molecule has 0 radical (unpaired) electrons. The van der Waals surface area contributed by atoms with Crippen molar-refractivity contribution in [3.05, 3.63) is 5.82 Å². The van der Waals surface area contributed by atoms with E-state index in [2.05, 4.69) is 28.1 Å². The zero-order valence-electron chi connectivity index (χ0n) is 9.18. The number of piperidine rings is 1. The summed E-state index contributed by atoms with van der Waals surface area (Å²) in [4.78, 5) is 6.63. The normalized spacial score (nSPS) is 22.4. The molecule has 0 unspecified atom stereocenters. The summed E-state index contributed by atoms with van der Waals surface area (Å²) in [7, 11) is 0. The second kappa shape index (κ2) is 4.45. The topological polar surface area (TPSA) is 49.2 Å². The SMILES string of the molecule is CC(C)c1nsc(N2CCC[C@H](O)C2)n1. The van der Waals surface area contributed by atoms with E-state index in [1.54, 1.807) is 0 Å². The van der Waals surface area contributed by atoms with Crippen molar-refractivity contribution in [1.82, 2.24) is 9.36 Å². The quantitative estimate of drug-likeness (QED) is 0.834. The molecule has 5 heteroatoms. The number of nitrogens with zero attached hydrogens (tertiary/aromatic N) is 3. The number of aliphatic hydroxyl groups is 1. The molecule has 15 heavy (non-hydrogen) atoms. The van der Waals surface area contributed by atoms with Gasteiger partial charge in [-0.1, -0.05) is 13.8 Å². The van der Waals surface area contributed by atoms with E-state index in [0.717, 1.165) is 30.3 Å². The number of hydrogen-bond acceptors (Lipinski definition) is 5. The molecule has 1 saturated heterocycles. The Balaban J connectivity index is 2.08. The third-order valence-electron chi connectivity index (χ3n) is 2.61. The molecule has 0 amide bonds. The summed E-state index contributed by atoms with van der Waals surface area (Å²) >= 11 is 1.44. The van der Waals surface area contributed by atoms with E-state index in [4.69, 9.17) is 0 Å². The minimum atomic E-state index is -0.204. The third kappa shape index (κ3) is 2.46. The number of β-amino-alcohol motifs (C(OH)–C–C–N with tert-alkyl or cyclic N) is 1. The van der Waals surface area contributed by atoms with Crippen LogP contribution in [0.2, 0.25) is 0 Å². The minimum absolute atomic E-state index is 0.204. The Kier molecular flexibility index (Phi) is 3.21. The lowest BCUT2D eigenvalue weighted by atomic mass is 10.1. The highest BCUT2D eigenvalue weighted by Gasteiger charge is 2.21. The van der Waals surface area contributed by atoms with Crippen LogP contribution in [0.4, 0.5) is 5.13 Å². The van der Waals surface area contributed by atoms with E-state index in [9.17, 15) is 5.11 Å². The highest BCUT2D eigenvalue weighted by atomic mass is 32.1. The molecule has 1 N–H and O–H groups in total. The molecule has 0 saturated carbocycles. The van der Waals surface area contributed by atoms with Crippen LogP contribution in [0.1, 0.15) is 38.4 Å². The van der Waals surface area contributed by atoms with Gasteiger partial charge in [0.1, 0.15) is 5.82 Å². The number of anilines is 1. The van der Waals surface area contributed by atoms with Crippen LogP contribution in [0.5, 0.6) is 0 Å². The Morgan fingerprint density at radius 2 is 2.33 bits per heavy atom. The van der Waals surface area contributed by atoms with Crippen molar-refractivity contribution >= 4 is 16.7 Å². The average Bonchev–Trinajstić information content (AvgIpc) is 2.66. The number of aromatic nitrogens is 2. The number of aliphatic hydroxyl groups excluding tert-OH is 1. The van der Waals surface area contributed by atoms with Crippen LogP contribution in [0.15, 0.2) is 0 Å². The Hall–Kier alpha value is -0.680. The Morgan fingerprint density at radius 3 is 2.93 bits per heavy atom.